The fourth-order valence-corrected chi connectivity index (χ4v) is 5.23. The Balaban J connectivity index is 1.32. The number of rotatable bonds is 8. The largest absolute Gasteiger partial charge is 0.492 e. The van der Waals surface area contributed by atoms with Crippen LogP contribution < -0.4 is 14.2 Å². The summed E-state index contributed by atoms with van der Waals surface area (Å²) in [5.41, 5.74) is 7.62. The van der Waals surface area contributed by atoms with Crippen molar-refractivity contribution >= 4 is 5.97 Å². The van der Waals surface area contributed by atoms with Crippen molar-refractivity contribution in [3.05, 3.63) is 76.3 Å². The number of hydrogen-bond acceptors (Lipinski definition) is 6. The van der Waals surface area contributed by atoms with Gasteiger partial charge in [0.2, 0.25) is 0 Å². The average Bonchev–Trinajstić information content (AvgIpc) is 3.44. The van der Waals surface area contributed by atoms with Crippen molar-refractivity contribution in [2.75, 3.05) is 19.8 Å². The van der Waals surface area contributed by atoms with Crippen molar-refractivity contribution in [1.29, 1.82) is 0 Å². The molecule has 0 amide bonds. The lowest BCUT2D eigenvalue weighted by atomic mass is 9.90. The molecule has 194 valence electrons. The predicted molar refractivity (Wildman–Crippen MR) is 139 cm³/mol. The lowest BCUT2D eigenvalue weighted by Crippen LogP contribution is -2.29. The molecular formula is C30H32O7. The van der Waals surface area contributed by atoms with Gasteiger partial charge in [0.05, 0.1) is 26.2 Å². The maximum absolute atomic E-state index is 11.1. The van der Waals surface area contributed by atoms with Crippen LogP contribution in [0, 0.1) is 20.8 Å². The highest BCUT2D eigenvalue weighted by molar-refractivity contribution is 5.75. The van der Waals surface area contributed by atoms with Gasteiger partial charge in [0.25, 0.3) is 0 Å². The van der Waals surface area contributed by atoms with E-state index in [-0.39, 0.29) is 18.4 Å². The highest BCUT2D eigenvalue weighted by Crippen LogP contribution is 2.39. The molecule has 1 saturated heterocycles. The first-order valence-corrected chi connectivity index (χ1v) is 12.5. The Morgan fingerprint density at radius 2 is 1.78 bits per heavy atom. The van der Waals surface area contributed by atoms with E-state index in [9.17, 15) is 9.90 Å². The van der Waals surface area contributed by atoms with Crippen LogP contribution in [0.5, 0.6) is 17.2 Å². The molecule has 5 rings (SSSR count). The minimum absolute atomic E-state index is 0.0576. The molecule has 3 unspecified atom stereocenters. The first kappa shape index (κ1) is 25.1. The smallest absolute Gasteiger partial charge is 0.304 e. The summed E-state index contributed by atoms with van der Waals surface area (Å²) in [5, 5.41) is 19.1. The number of carboxylic acids is 1. The number of benzene rings is 3. The Labute approximate surface area is 216 Å². The summed E-state index contributed by atoms with van der Waals surface area (Å²) >= 11 is 0. The van der Waals surface area contributed by atoms with E-state index in [0.717, 1.165) is 44.7 Å². The molecule has 0 spiro atoms. The van der Waals surface area contributed by atoms with Gasteiger partial charge in [0, 0.05) is 17.5 Å². The third kappa shape index (κ3) is 5.29. The molecule has 0 saturated carbocycles. The fraction of sp³-hybridized carbons (Fsp3) is 0.367. The first-order chi connectivity index (χ1) is 17.8. The van der Waals surface area contributed by atoms with Crippen molar-refractivity contribution in [3.63, 3.8) is 0 Å². The van der Waals surface area contributed by atoms with Crippen LogP contribution in [0.3, 0.4) is 0 Å². The van der Waals surface area contributed by atoms with Crippen LogP contribution in [0.25, 0.3) is 11.1 Å². The zero-order chi connectivity index (χ0) is 26.1. The van der Waals surface area contributed by atoms with E-state index in [1.165, 1.54) is 0 Å². The maximum atomic E-state index is 11.1. The monoisotopic (exact) mass is 504 g/mol. The molecule has 2 aliphatic heterocycles. The van der Waals surface area contributed by atoms with Crippen LogP contribution in [-0.2, 0) is 16.1 Å². The van der Waals surface area contributed by atoms with E-state index in [1.54, 1.807) is 0 Å². The normalized spacial score (nSPS) is 20.4. The van der Waals surface area contributed by atoms with Gasteiger partial charge in [0.15, 0.2) is 0 Å². The van der Waals surface area contributed by atoms with E-state index < -0.39 is 12.1 Å². The Kier molecular flexibility index (Phi) is 7.09. The molecule has 2 aliphatic rings. The number of ether oxygens (including phenoxy) is 4. The van der Waals surface area contributed by atoms with E-state index in [0.29, 0.717) is 37.9 Å². The number of carbonyl (C=O) groups is 1. The Bertz CT molecular complexity index is 1290. The highest BCUT2D eigenvalue weighted by Gasteiger charge is 2.29. The van der Waals surface area contributed by atoms with Crippen LogP contribution in [0.4, 0.5) is 0 Å². The molecule has 0 aromatic heterocycles. The molecular weight excluding hydrogens is 472 g/mol. The van der Waals surface area contributed by atoms with Gasteiger partial charge in [-0.2, -0.15) is 0 Å². The summed E-state index contributed by atoms with van der Waals surface area (Å²) in [6.07, 6.45) is -0.899. The summed E-state index contributed by atoms with van der Waals surface area (Å²) < 4.78 is 23.1. The van der Waals surface area contributed by atoms with E-state index in [4.69, 9.17) is 24.1 Å². The number of carboxylic acid groups (broad SMARTS) is 1. The topological polar surface area (TPSA) is 94.5 Å². The average molecular weight is 505 g/mol. The summed E-state index contributed by atoms with van der Waals surface area (Å²) in [6, 6.07) is 15.9. The van der Waals surface area contributed by atoms with Gasteiger partial charge in [-0.25, -0.2) is 0 Å². The minimum Gasteiger partial charge on any atom is -0.492 e. The first-order valence-electron chi connectivity index (χ1n) is 12.5. The SMILES string of the molecule is Cc1cc(OC2COCC2O)cc(C)c1-c1cccc(COc2ccc3c(c2)OCC3CC(=O)O)c1C. The number of aliphatic carboxylic acids is 1. The maximum Gasteiger partial charge on any atom is 0.304 e. The zero-order valence-electron chi connectivity index (χ0n) is 21.3. The molecule has 37 heavy (non-hydrogen) atoms. The third-order valence-corrected chi connectivity index (χ3v) is 7.19. The second-order valence-corrected chi connectivity index (χ2v) is 9.88. The molecule has 0 radical (unpaired) electrons. The number of aliphatic hydroxyl groups is 1. The molecule has 0 aliphatic carbocycles. The van der Waals surface area contributed by atoms with E-state index in [1.807, 2.05) is 36.4 Å². The van der Waals surface area contributed by atoms with Gasteiger partial charge in [0.1, 0.15) is 36.1 Å². The Hall–Kier alpha value is -3.55. The second kappa shape index (κ2) is 10.4. The summed E-state index contributed by atoms with van der Waals surface area (Å²) in [5.74, 6) is 1.16. The van der Waals surface area contributed by atoms with E-state index in [2.05, 4.69) is 32.9 Å². The van der Waals surface area contributed by atoms with Crippen LogP contribution >= 0.6 is 0 Å². The number of fused-ring (bicyclic) bond motifs is 1. The van der Waals surface area contributed by atoms with Crippen LogP contribution in [0.1, 0.15) is 40.2 Å². The summed E-state index contributed by atoms with van der Waals surface area (Å²) in [4.78, 5) is 11.1. The van der Waals surface area contributed by atoms with Gasteiger partial charge in [-0.3, -0.25) is 4.79 Å². The number of aliphatic hydroxyl groups excluding tert-OH is 1. The van der Waals surface area contributed by atoms with Crippen LogP contribution in [0.15, 0.2) is 48.5 Å². The Morgan fingerprint density at radius 1 is 1.00 bits per heavy atom. The molecule has 1 fully saturated rings. The summed E-state index contributed by atoms with van der Waals surface area (Å²) in [6.45, 7) is 7.72. The van der Waals surface area contributed by atoms with Gasteiger partial charge in [-0.1, -0.05) is 24.3 Å². The second-order valence-electron chi connectivity index (χ2n) is 9.88. The van der Waals surface area contributed by atoms with Crippen molar-refractivity contribution in [2.24, 2.45) is 0 Å². The third-order valence-electron chi connectivity index (χ3n) is 7.19. The predicted octanol–water partition coefficient (Wildman–Crippen LogP) is 4.95. The Morgan fingerprint density at radius 3 is 2.49 bits per heavy atom. The lowest BCUT2D eigenvalue weighted by molar-refractivity contribution is -0.137. The molecule has 3 aromatic carbocycles. The van der Waals surface area contributed by atoms with Gasteiger partial charge in [-0.05, 0) is 72.4 Å². The van der Waals surface area contributed by atoms with Crippen LogP contribution in [-0.4, -0.2) is 48.2 Å². The lowest BCUT2D eigenvalue weighted by Gasteiger charge is -2.20. The number of hydrogen-bond donors (Lipinski definition) is 2. The van der Waals surface area contributed by atoms with Crippen molar-refractivity contribution in [2.45, 2.75) is 51.9 Å². The molecule has 2 heterocycles. The summed E-state index contributed by atoms with van der Waals surface area (Å²) in [7, 11) is 0. The van der Waals surface area contributed by atoms with Gasteiger partial charge >= 0.3 is 5.97 Å². The zero-order valence-corrected chi connectivity index (χ0v) is 21.3. The fourth-order valence-electron chi connectivity index (χ4n) is 5.23. The quantitative estimate of drug-likeness (QED) is 0.448. The van der Waals surface area contributed by atoms with Crippen molar-refractivity contribution in [1.82, 2.24) is 0 Å². The minimum atomic E-state index is -0.827. The molecule has 7 nitrogen and oxygen atoms in total. The molecule has 7 heteroatoms. The molecule has 3 atom stereocenters. The van der Waals surface area contributed by atoms with Crippen LogP contribution in [0.2, 0.25) is 0 Å². The van der Waals surface area contributed by atoms with Gasteiger partial charge < -0.3 is 29.2 Å². The highest BCUT2D eigenvalue weighted by atomic mass is 16.6. The molecule has 2 N–H and O–H groups in total. The van der Waals surface area contributed by atoms with E-state index >= 15 is 0 Å². The number of aryl methyl sites for hydroxylation is 2. The molecule has 0 bridgehead atoms. The van der Waals surface area contributed by atoms with Crippen molar-refractivity contribution in [3.8, 4) is 28.4 Å². The standard InChI is InChI=1S/C30H32O7/c1-17-9-23(37-28-16-34-15-26(28)31)10-18(2)30(17)24-6-4-5-20(19(24)3)13-35-22-7-8-25-21(11-29(32)33)14-36-27(25)12-22/h4-10,12,21,26,28,31H,11,13-16H2,1-3H3,(H,32,33). The molecule has 3 aromatic rings. The van der Waals surface area contributed by atoms with Gasteiger partial charge in [-0.15, -0.1) is 0 Å². The van der Waals surface area contributed by atoms with Crippen molar-refractivity contribution < 1.29 is 34.0 Å².